The zero-order valence-corrected chi connectivity index (χ0v) is 21.4. The second kappa shape index (κ2) is 10.2. The Hall–Kier alpha value is -3.52. The molecule has 2 aromatic carbocycles. The van der Waals surface area contributed by atoms with Crippen molar-refractivity contribution in [1.82, 2.24) is 10.2 Å². The van der Waals surface area contributed by atoms with Crippen LogP contribution in [0, 0.1) is 0 Å². The van der Waals surface area contributed by atoms with Crippen LogP contribution in [0.2, 0.25) is 0 Å². The Labute approximate surface area is 215 Å². The fourth-order valence-corrected chi connectivity index (χ4v) is 5.23. The number of benzene rings is 2. The maximum atomic E-state index is 13.3. The number of hydrogen-bond donors (Lipinski definition) is 1. The van der Waals surface area contributed by atoms with Crippen molar-refractivity contribution < 1.29 is 19.1 Å². The van der Waals surface area contributed by atoms with Gasteiger partial charge >= 0.3 is 5.97 Å². The molecule has 1 aliphatic carbocycles. The first kappa shape index (κ1) is 24.2. The van der Waals surface area contributed by atoms with E-state index in [-0.39, 0.29) is 24.5 Å². The van der Waals surface area contributed by atoms with E-state index in [1.807, 2.05) is 85.7 Å². The van der Waals surface area contributed by atoms with Gasteiger partial charge in [-0.05, 0) is 68.8 Å². The Balaban J connectivity index is 1.51. The lowest BCUT2D eigenvalue weighted by atomic mass is 9.93. The average Bonchev–Trinajstić information content (AvgIpc) is 3.57. The van der Waals surface area contributed by atoms with Crippen LogP contribution in [-0.4, -0.2) is 34.1 Å². The van der Waals surface area contributed by atoms with E-state index in [1.54, 1.807) is 0 Å². The van der Waals surface area contributed by atoms with Crippen LogP contribution in [-0.2, 0) is 14.3 Å². The van der Waals surface area contributed by atoms with Gasteiger partial charge in [0.25, 0.3) is 0 Å². The predicted molar refractivity (Wildman–Crippen MR) is 140 cm³/mol. The summed E-state index contributed by atoms with van der Waals surface area (Å²) >= 11 is 1.46. The van der Waals surface area contributed by atoms with Crippen molar-refractivity contribution in [1.29, 1.82) is 0 Å². The van der Waals surface area contributed by atoms with Crippen LogP contribution in [0.1, 0.15) is 51.6 Å². The third-order valence-electron chi connectivity index (χ3n) is 6.00. The maximum absolute atomic E-state index is 13.3. The first-order valence-electron chi connectivity index (χ1n) is 12.2. The lowest BCUT2D eigenvalue weighted by Gasteiger charge is -2.36. The number of carbonyl (C=O) groups excluding carboxylic acids is 2. The molecule has 0 aromatic heterocycles. The number of carbonyl (C=O) groups is 2. The number of thioether (sulfide) groups is 1. The molecule has 186 valence electrons. The van der Waals surface area contributed by atoms with E-state index in [9.17, 15) is 9.59 Å². The van der Waals surface area contributed by atoms with Crippen LogP contribution in [0.25, 0.3) is 0 Å². The number of allylic oxidation sites excluding steroid dienone is 1. The molecule has 36 heavy (non-hydrogen) atoms. The molecular formula is C28H29N3O4S. The number of amidine groups is 1. The van der Waals surface area contributed by atoms with Crippen molar-refractivity contribution in [2.24, 2.45) is 4.99 Å². The molecule has 7 nitrogen and oxygen atoms in total. The predicted octanol–water partition coefficient (Wildman–Crippen LogP) is 5.67. The molecule has 2 aliphatic heterocycles. The average molecular weight is 504 g/mol. The normalized spacial score (nSPS) is 19.0. The molecule has 0 radical (unpaired) electrons. The van der Waals surface area contributed by atoms with Gasteiger partial charge in [-0.3, -0.25) is 4.79 Å². The van der Waals surface area contributed by atoms with Gasteiger partial charge in [-0.25, -0.2) is 9.79 Å². The summed E-state index contributed by atoms with van der Waals surface area (Å²) in [6, 6.07) is 17.0. The van der Waals surface area contributed by atoms with Crippen molar-refractivity contribution in [3.63, 3.8) is 0 Å². The maximum Gasteiger partial charge on any atom is 0.338 e. The summed E-state index contributed by atoms with van der Waals surface area (Å²) in [6.07, 6.45) is 1.99. The number of para-hydroxylation sites is 1. The van der Waals surface area contributed by atoms with E-state index in [0.29, 0.717) is 17.0 Å². The number of fused-ring (bicyclic) bond motifs is 1. The number of esters is 1. The van der Waals surface area contributed by atoms with Gasteiger partial charge in [0.15, 0.2) is 5.17 Å². The number of ether oxygens (including phenoxy) is 2. The molecule has 0 bridgehead atoms. The summed E-state index contributed by atoms with van der Waals surface area (Å²) in [6.45, 7) is 5.48. The van der Waals surface area contributed by atoms with Crippen molar-refractivity contribution in [3.05, 3.63) is 82.5 Å². The summed E-state index contributed by atoms with van der Waals surface area (Å²) < 4.78 is 11.7. The third-order valence-corrected chi connectivity index (χ3v) is 6.89. The van der Waals surface area contributed by atoms with Crippen LogP contribution in [0.4, 0.5) is 0 Å². The Morgan fingerprint density at radius 2 is 1.86 bits per heavy atom. The number of aliphatic imine (C=N–C) groups is 1. The van der Waals surface area contributed by atoms with Crippen LogP contribution >= 0.6 is 11.8 Å². The lowest BCUT2D eigenvalue weighted by Crippen LogP contribution is -2.38. The van der Waals surface area contributed by atoms with Crippen molar-refractivity contribution in [2.45, 2.75) is 58.2 Å². The van der Waals surface area contributed by atoms with E-state index in [4.69, 9.17) is 14.5 Å². The van der Waals surface area contributed by atoms with Gasteiger partial charge in [0.2, 0.25) is 5.91 Å². The zero-order chi connectivity index (χ0) is 25.2. The van der Waals surface area contributed by atoms with Gasteiger partial charge in [0.05, 0.1) is 29.8 Å². The summed E-state index contributed by atoms with van der Waals surface area (Å²) in [5.74, 6) is 0.938. The zero-order valence-electron chi connectivity index (χ0n) is 20.6. The second-order valence-corrected chi connectivity index (χ2v) is 10.2. The molecule has 1 amide bonds. The fourth-order valence-electron chi connectivity index (χ4n) is 4.27. The largest absolute Gasteiger partial charge is 0.459 e. The monoisotopic (exact) mass is 503 g/mol. The number of hydrogen-bond acceptors (Lipinski definition) is 7. The smallest absolute Gasteiger partial charge is 0.338 e. The first-order chi connectivity index (χ1) is 17.4. The lowest BCUT2D eigenvalue weighted by molar-refractivity contribution is -0.143. The first-order valence-corrected chi connectivity index (χ1v) is 13.0. The Morgan fingerprint density at radius 1 is 1.11 bits per heavy atom. The molecule has 1 N–H and O–H groups in total. The number of rotatable bonds is 8. The number of amides is 1. The molecule has 8 heteroatoms. The summed E-state index contributed by atoms with van der Waals surface area (Å²) in [4.78, 5) is 32.7. The molecule has 1 saturated carbocycles. The molecule has 0 spiro atoms. The van der Waals surface area contributed by atoms with E-state index in [2.05, 4.69) is 5.32 Å². The Bertz CT molecular complexity index is 1260. The van der Waals surface area contributed by atoms with Crippen LogP contribution in [0.3, 0.4) is 0 Å². The van der Waals surface area contributed by atoms with E-state index >= 15 is 0 Å². The number of nitrogens with zero attached hydrogens (tertiary/aromatic N) is 2. The molecule has 3 aliphatic rings. The van der Waals surface area contributed by atoms with Gasteiger partial charge in [0, 0.05) is 11.7 Å². The highest BCUT2D eigenvalue weighted by Crippen LogP contribution is 2.45. The van der Waals surface area contributed by atoms with Crippen molar-refractivity contribution in [3.8, 4) is 11.5 Å². The van der Waals surface area contributed by atoms with E-state index in [0.717, 1.165) is 35.0 Å². The van der Waals surface area contributed by atoms with Crippen LogP contribution < -0.4 is 10.1 Å². The minimum absolute atomic E-state index is 0.0249. The van der Waals surface area contributed by atoms with Crippen LogP contribution in [0.5, 0.6) is 11.5 Å². The Kier molecular flexibility index (Phi) is 6.87. The Morgan fingerprint density at radius 3 is 2.58 bits per heavy atom. The van der Waals surface area contributed by atoms with Gasteiger partial charge in [0.1, 0.15) is 11.5 Å². The number of nitrogens with one attached hydrogen (secondary N) is 1. The fraction of sp³-hybridized carbons (Fsp3) is 0.321. The van der Waals surface area contributed by atoms with Gasteiger partial charge in [-0.1, -0.05) is 42.1 Å². The molecule has 5 rings (SSSR count). The summed E-state index contributed by atoms with van der Waals surface area (Å²) in [5, 5.41) is 5.75. The molecule has 1 unspecified atom stereocenters. The quantitative estimate of drug-likeness (QED) is 0.467. The van der Waals surface area contributed by atoms with Crippen molar-refractivity contribution >= 4 is 28.8 Å². The molecule has 2 heterocycles. The molecule has 0 saturated heterocycles. The molecule has 1 fully saturated rings. The standard InChI is InChI=1S/C28H29N3O4S/c1-17(2)34-27(33)25-18(3)29-28-31(21(16-36-28)15-24(32)30-20-12-13-20)26(25)19-8-7-11-23(14-19)35-22-9-5-4-6-10-22/h4-11,14,16-17,20,26H,12-13,15H2,1-3H3,(H,30,32). The minimum Gasteiger partial charge on any atom is -0.459 e. The van der Waals surface area contributed by atoms with E-state index < -0.39 is 12.0 Å². The molecule has 1 atom stereocenters. The van der Waals surface area contributed by atoms with Gasteiger partial charge in [-0.15, -0.1) is 0 Å². The third kappa shape index (κ3) is 5.33. The highest BCUT2D eigenvalue weighted by molar-refractivity contribution is 8.16. The van der Waals surface area contributed by atoms with Gasteiger partial charge < -0.3 is 19.7 Å². The summed E-state index contributed by atoms with van der Waals surface area (Å²) in [7, 11) is 0. The van der Waals surface area contributed by atoms with Crippen molar-refractivity contribution in [2.75, 3.05) is 0 Å². The SMILES string of the molecule is CC1=C(C(=O)OC(C)C)C(c2cccc(Oc3ccccc3)c2)N2C(CC(=O)NC3CC3)=CSC2=N1. The molecule has 2 aromatic rings. The second-order valence-electron chi connectivity index (χ2n) is 9.35. The van der Waals surface area contributed by atoms with Crippen LogP contribution in [0.15, 0.2) is 82.0 Å². The summed E-state index contributed by atoms with van der Waals surface area (Å²) in [5.41, 5.74) is 2.72. The van der Waals surface area contributed by atoms with E-state index in [1.165, 1.54) is 11.8 Å². The highest BCUT2D eigenvalue weighted by atomic mass is 32.2. The minimum atomic E-state index is -0.502. The highest BCUT2D eigenvalue weighted by Gasteiger charge is 2.41. The van der Waals surface area contributed by atoms with Gasteiger partial charge in [-0.2, -0.15) is 0 Å². The topological polar surface area (TPSA) is 80.2 Å². The molecular weight excluding hydrogens is 474 g/mol.